The first kappa shape index (κ1) is 12.6. The molecule has 1 aromatic heterocycles. The highest BCUT2D eigenvalue weighted by atomic mass is 19.1. The Hall–Kier alpha value is -2.44. The van der Waals surface area contributed by atoms with Crippen LogP contribution >= 0.6 is 0 Å². The number of benzene rings is 1. The Morgan fingerprint density at radius 1 is 1.50 bits per heavy atom. The zero-order chi connectivity index (χ0) is 14.3. The predicted molar refractivity (Wildman–Crippen MR) is 68.8 cm³/mol. The molecule has 1 atom stereocenters. The normalized spacial score (nSPS) is 17.9. The zero-order valence-electron chi connectivity index (χ0n) is 10.8. The molecule has 6 nitrogen and oxygen atoms in total. The Labute approximate surface area is 113 Å². The van der Waals surface area contributed by atoms with E-state index in [1.807, 2.05) is 6.92 Å². The second kappa shape index (κ2) is 4.59. The summed E-state index contributed by atoms with van der Waals surface area (Å²) in [5, 5.41) is 5.82. The van der Waals surface area contributed by atoms with Crippen LogP contribution in [0.3, 0.4) is 0 Å². The summed E-state index contributed by atoms with van der Waals surface area (Å²) in [7, 11) is 0. The molecule has 0 bridgehead atoms. The van der Waals surface area contributed by atoms with Gasteiger partial charge in [-0.3, -0.25) is 9.78 Å². The van der Waals surface area contributed by atoms with E-state index in [1.54, 1.807) is 11.0 Å². The first-order valence-corrected chi connectivity index (χ1v) is 6.30. The summed E-state index contributed by atoms with van der Waals surface area (Å²) < 4.78 is 13.2. The van der Waals surface area contributed by atoms with Crippen LogP contribution in [-0.2, 0) is 6.42 Å². The summed E-state index contributed by atoms with van der Waals surface area (Å²) >= 11 is 0. The number of rotatable bonds is 1. The van der Waals surface area contributed by atoms with Gasteiger partial charge in [-0.25, -0.2) is 14.3 Å². The molecule has 1 amide bonds. The number of carbonyl (C=O) groups excluding carboxylic acids is 1. The highest BCUT2D eigenvalue weighted by molar-refractivity contribution is 5.90. The minimum Gasteiger partial charge on any atom is -0.329 e. The first-order chi connectivity index (χ1) is 9.56. The van der Waals surface area contributed by atoms with Gasteiger partial charge in [0.05, 0.1) is 6.04 Å². The number of fused-ring (bicyclic) bond motifs is 1. The van der Waals surface area contributed by atoms with E-state index in [0.717, 1.165) is 11.1 Å². The highest BCUT2D eigenvalue weighted by Crippen LogP contribution is 2.30. The van der Waals surface area contributed by atoms with Crippen molar-refractivity contribution in [3.8, 4) is 0 Å². The van der Waals surface area contributed by atoms with Crippen LogP contribution in [0.15, 0.2) is 23.0 Å². The molecule has 1 aliphatic heterocycles. The molecule has 7 heteroatoms. The highest BCUT2D eigenvalue weighted by Gasteiger charge is 2.29. The summed E-state index contributed by atoms with van der Waals surface area (Å²) in [4.78, 5) is 27.3. The Morgan fingerprint density at radius 2 is 2.30 bits per heavy atom. The summed E-state index contributed by atoms with van der Waals surface area (Å²) in [6.45, 7) is 2.34. The average Bonchev–Trinajstić information content (AvgIpc) is 2.85. The molecule has 0 saturated carbocycles. The number of amides is 1. The van der Waals surface area contributed by atoms with Gasteiger partial charge in [-0.1, -0.05) is 6.07 Å². The number of halogens is 1. The van der Waals surface area contributed by atoms with Crippen LogP contribution in [0.4, 0.5) is 4.39 Å². The van der Waals surface area contributed by atoms with Crippen molar-refractivity contribution in [3.63, 3.8) is 0 Å². The fourth-order valence-electron chi connectivity index (χ4n) is 2.59. The number of nitrogens with one attached hydrogen (secondary N) is 2. The third-order valence-electron chi connectivity index (χ3n) is 3.61. The molecule has 0 spiro atoms. The van der Waals surface area contributed by atoms with Gasteiger partial charge < -0.3 is 4.90 Å². The minimum atomic E-state index is -0.513. The number of aromatic amines is 2. The Balaban J connectivity index is 1.92. The second-order valence-corrected chi connectivity index (χ2v) is 4.79. The van der Waals surface area contributed by atoms with Crippen molar-refractivity contribution in [2.45, 2.75) is 19.4 Å². The summed E-state index contributed by atoms with van der Waals surface area (Å²) in [6, 6.07) is 4.40. The number of hydrogen-bond acceptors (Lipinski definition) is 3. The predicted octanol–water partition coefficient (Wildman–Crippen LogP) is 0.997. The lowest BCUT2D eigenvalue weighted by Gasteiger charge is -2.34. The van der Waals surface area contributed by atoms with E-state index < -0.39 is 5.69 Å². The van der Waals surface area contributed by atoms with Crippen LogP contribution in [0.5, 0.6) is 0 Å². The van der Waals surface area contributed by atoms with Gasteiger partial charge >= 0.3 is 5.69 Å². The molecule has 0 fully saturated rings. The molecule has 104 valence electrons. The quantitative estimate of drug-likeness (QED) is 0.815. The summed E-state index contributed by atoms with van der Waals surface area (Å²) in [5.74, 6) is -0.620. The van der Waals surface area contributed by atoms with E-state index in [9.17, 15) is 14.0 Å². The van der Waals surface area contributed by atoms with E-state index in [1.165, 1.54) is 12.1 Å². The summed E-state index contributed by atoms with van der Waals surface area (Å²) in [6.07, 6.45) is 0.581. The average molecular weight is 276 g/mol. The van der Waals surface area contributed by atoms with Crippen LogP contribution in [0, 0.1) is 5.82 Å². The third kappa shape index (κ3) is 2.01. The van der Waals surface area contributed by atoms with Gasteiger partial charge in [0.25, 0.3) is 5.91 Å². The van der Waals surface area contributed by atoms with Crippen molar-refractivity contribution < 1.29 is 9.18 Å². The monoisotopic (exact) mass is 276 g/mol. The van der Waals surface area contributed by atoms with Crippen molar-refractivity contribution in [1.29, 1.82) is 0 Å². The standard InChI is InChI=1S/C13H13FN4O2/c1-7-10-3-2-9(14)6-8(10)4-5-18(7)12(19)11-15-13(20)17-16-11/h2-3,6-7H,4-5H2,1H3,(H2,15,16,17,20)/t7-/m0/s1. The molecule has 1 aromatic carbocycles. The molecule has 2 aromatic rings. The first-order valence-electron chi connectivity index (χ1n) is 6.30. The Bertz CT molecular complexity index is 721. The number of nitrogens with zero attached hydrogens (tertiary/aromatic N) is 2. The van der Waals surface area contributed by atoms with Gasteiger partial charge in [0, 0.05) is 6.54 Å². The van der Waals surface area contributed by atoms with E-state index in [0.29, 0.717) is 13.0 Å². The van der Waals surface area contributed by atoms with Crippen LogP contribution in [0.1, 0.15) is 34.7 Å². The Kier molecular flexibility index (Phi) is 2.89. The van der Waals surface area contributed by atoms with Gasteiger partial charge in [-0.2, -0.15) is 0 Å². The molecule has 0 saturated heterocycles. The van der Waals surface area contributed by atoms with Gasteiger partial charge in [0.1, 0.15) is 5.82 Å². The van der Waals surface area contributed by atoms with Crippen molar-refractivity contribution >= 4 is 5.91 Å². The third-order valence-corrected chi connectivity index (χ3v) is 3.61. The van der Waals surface area contributed by atoms with Gasteiger partial charge in [-0.05, 0) is 36.6 Å². The molecule has 0 radical (unpaired) electrons. The van der Waals surface area contributed by atoms with E-state index in [-0.39, 0.29) is 23.6 Å². The van der Waals surface area contributed by atoms with Crippen molar-refractivity contribution in [2.24, 2.45) is 0 Å². The van der Waals surface area contributed by atoms with Crippen LogP contribution < -0.4 is 5.69 Å². The lowest BCUT2D eigenvalue weighted by atomic mass is 9.93. The zero-order valence-corrected chi connectivity index (χ0v) is 10.8. The largest absolute Gasteiger partial charge is 0.341 e. The van der Waals surface area contributed by atoms with Crippen molar-refractivity contribution in [3.05, 3.63) is 51.5 Å². The smallest absolute Gasteiger partial charge is 0.329 e. The number of H-pyrrole nitrogens is 2. The van der Waals surface area contributed by atoms with Gasteiger partial charge in [-0.15, -0.1) is 5.10 Å². The molecule has 2 N–H and O–H groups in total. The molecular formula is C13H13FN4O2. The van der Waals surface area contributed by atoms with Gasteiger partial charge in [0.2, 0.25) is 5.82 Å². The molecule has 20 heavy (non-hydrogen) atoms. The van der Waals surface area contributed by atoms with E-state index >= 15 is 0 Å². The molecule has 3 rings (SSSR count). The Morgan fingerprint density at radius 3 is 3.00 bits per heavy atom. The maximum absolute atomic E-state index is 13.2. The molecular weight excluding hydrogens is 263 g/mol. The summed E-state index contributed by atoms with van der Waals surface area (Å²) in [5.41, 5.74) is 1.32. The number of aromatic nitrogens is 3. The van der Waals surface area contributed by atoms with E-state index in [2.05, 4.69) is 15.2 Å². The topological polar surface area (TPSA) is 81.8 Å². The fourth-order valence-corrected chi connectivity index (χ4v) is 2.59. The number of hydrogen-bond donors (Lipinski definition) is 2. The second-order valence-electron chi connectivity index (χ2n) is 4.79. The lowest BCUT2D eigenvalue weighted by Crippen LogP contribution is -2.39. The minimum absolute atomic E-state index is 0.00703. The maximum atomic E-state index is 13.2. The number of carbonyl (C=O) groups is 1. The SMILES string of the molecule is C[C@H]1c2ccc(F)cc2CCN1C(=O)c1n[nH]c(=O)[nH]1. The van der Waals surface area contributed by atoms with Crippen LogP contribution in [0.25, 0.3) is 0 Å². The maximum Gasteiger partial charge on any atom is 0.341 e. The van der Waals surface area contributed by atoms with Crippen molar-refractivity contribution in [2.75, 3.05) is 6.54 Å². The van der Waals surface area contributed by atoms with Crippen LogP contribution in [0.2, 0.25) is 0 Å². The van der Waals surface area contributed by atoms with Crippen molar-refractivity contribution in [1.82, 2.24) is 20.1 Å². The lowest BCUT2D eigenvalue weighted by molar-refractivity contribution is 0.0665. The molecule has 0 aliphatic carbocycles. The van der Waals surface area contributed by atoms with Gasteiger partial charge in [0.15, 0.2) is 0 Å². The molecule has 0 unspecified atom stereocenters. The van der Waals surface area contributed by atoms with Crippen LogP contribution in [-0.4, -0.2) is 32.5 Å². The fraction of sp³-hybridized carbons (Fsp3) is 0.308. The molecule has 1 aliphatic rings. The van der Waals surface area contributed by atoms with E-state index in [4.69, 9.17) is 0 Å². The molecule has 2 heterocycles.